The summed E-state index contributed by atoms with van der Waals surface area (Å²) in [6.07, 6.45) is -0.289. The molecule has 3 aromatic rings. The molecule has 6 nitrogen and oxygen atoms in total. The molecule has 0 bridgehead atoms. The molecule has 0 aliphatic carbocycles. The molecule has 0 saturated carbocycles. The van der Waals surface area contributed by atoms with Crippen LogP contribution in [-0.4, -0.2) is 24.5 Å². The van der Waals surface area contributed by atoms with E-state index in [0.717, 1.165) is 16.7 Å². The van der Waals surface area contributed by atoms with Gasteiger partial charge in [-0.25, -0.2) is 0 Å². The molecule has 2 amide bonds. The van der Waals surface area contributed by atoms with Gasteiger partial charge in [-0.15, -0.1) is 0 Å². The summed E-state index contributed by atoms with van der Waals surface area (Å²) in [5.41, 5.74) is 7.95. The molecular formula is C25H26N2O4. The second-order valence-corrected chi connectivity index (χ2v) is 7.05. The van der Waals surface area contributed by atoms with Crippen molar-refractivity contribution >= 4 is 11.8 Å². The van der Waals surface area contributed by atoms with Crippen LogP contribution in [0.1, 0.15) is 18.9 Å². The first-order valence-electron chi connectivity index (χ1n) is 10.2. The van der Waals surface area contributed by atoms with Gasteiger partial charge in [0, 0.05) is 0 Å². The molecular weight excluding hydrogens is 392 g/mol. The van der Waals surface area contributed by atoms with Crippen molar-refractivity contribution in [3.8, 4) is 22.6 Å². The lowest BCUT2D eigenvalue weighted by molar-refractivity contribution is -0.134. The van der Waals surface area contributed by atoms with Crippen LogP contribution in [-0.2, 0) is 9.59 Å². The van der Waals surface area contributed by atoms with E-state index in [9.17, 15) is 9.59 Å². The summed E-state index contributed by atoms with van der Waals surface area (Å²) in [6, 6.07) is 24.9. The first-order valence-corrected chi connectivity index (χ1v) is 10.2. The van der Waals surface area contributed by atoms with Gasteiger partial charge in [0.15, 0.2) is 12.7 Å². The standard InChI is InChI=1S/C25H26N2O4/c1-3-23(31-21-14-12-20(13-15-21)19-9-5-4-6-10-19)25(29)27-26-24(28)17-30-22-11-7-8-18(2)16-22/h4-16,23H,3,17H2,1-2H3,(H,26,28)(H,27,29). The summed E-state index contributed by atoms with van der Waals surface area (Å²) in [4.78, 5) is 24.4. The first-order chi connectivity index (χ1) is 15.0. The van der Waals surface area contributed by atoms with Crippen molar-refractivity contribution in [3.05, 3.63) is 84.4 Å². The van der Waals surface area contributed by atoms with Crippen molar-refractivity contribution < 1.29 is 19.1 Å². The van der Waals surface area contributed by atoms with Gasteiger partial charge in [-0.05, 0) is 54.3 Å². The first kappa shape index (κ1) is 21.9. The van der Waals surface area contributed by atoms with E-state index in [1.54, 1.807) is 6.07 Å². The minimum atomic E-state index is -0.736. The highest BCUT2D eigenvalue weighted by Gasteiger charge is 2.19. The van der Waals surface area contributed by atoms with Gasteiger partial charge < -0.3 is 9.47 Å². The summed E-state index contributed by atoms with van der Waals surface area (Å²) < 4.78 is 11.2. The van der Waals surface area contributed by atoms with Crippen LogP contribution in [0.4, 0.5) is 0 Å². The molecule has 0 aromatic heterocycles. The van der Waals surface area contributed by atoms with E-state index in [1.165, 1.54) is 0 Å². The van der Waals surface area contributed by atoms with Crippen LogP contribution in [0.25, 0.3) is 11.1 Å². The number of ether oxygens (including phenoxy) is 2. The smallest absolute Gasteiger partial charge is 0.279 e. The van der Waals surface area contributed by atoms with Crippen LogP contribution in [0.5, 0.6) is 11.5 Å². The van der Waals surface area contributed by atoms with Gasteiger partial charge in [0.2, 0.25) is 0 Å². The molecule has 0 heterocycles. The zero-order chi connectivity index (χ0) is 22.1. The van der Waals surface area contributed by atoms with Gasteiger partial charge >= 0.3 is 0 Å². The van der Waals surface area contributed by atoms with E-state index in [1.807, 2.05) is 86.6 Å². The van der Waals surface area contributed by atoms with E-state index in [0.29, 0.717) is 17.9 Å². The molecule has 1 unspecified atom stereocenters. The number of hydrazine groups is 1. The minimum Gasteiger partial charge on any atom is -0.484 e. The Hall–Kier alpha value is -3.80. The Balaban J connectivity index is 1.47. The highest BCUT2D eigenvalue weighted by atomic mass is 16.5. The highest BCUT2D eigenvalue weighted by Crippen LogP contribution is 2.23. The Labute approximate surface area is 182 Å². The van der Waals surface area contributed by atoms with Crippen LogP contribution in [0.15, 0.2) is 78.9 Å². The molecule has 0 spiro atoms. The van der Waals surface area contributed by atoms with E-state index >= 15 is 0 Å². The molecule has 0 radical (unpaired) electrons. The number of carbonyl (C=O) groups excluding carboxylic acids is 2. The molecule has 0 aliphatic rings. The average molecular weight is 418 g/mol. The molecule has 6 heteroatoms. The maximum atomic E-state index is 12.4. The maximum Gasteiger partial charge on any atom is 0.279 e. The Morgan fingerprint density at radius 1 is 0.839 bits per heavy atom. The van der Waals surface area contributed by atoms with Crippen molar-refractivity contribution in [2.75, 3.05) is 6.61 Å². The number of benzene rings is 3. The van der Waals surface area contributed by atoms with Crippen molar-refractivity contribution in [3.63, 3.8) is 0 Å². The fourth-order valence-electron chi connectivity index (χ4n) is 2.94. The molecule has 1 atom stereocenters. The molecule has 0 aliphatic heterocycles. The molecule has 31 heavy (non-hydrogen) atoms. The van der Waals surface area contributed by atoms with Crippen LogP contribution >= 0.6 is 0 Å². The Bertz CT molecular complexity index is 1000. The second kappa shape index (κ2) is 10.8. The SMILES string of the molecule is CCC(Oc1ccc(-c2ccccc2)cc1)C(=O)NNC(=O)COc1cccc(C)c1. The lowest BCUT2D eigenvalue weighted by atomic mass is 10.1. The van der Waals surface area contributed by atoms with Crippen molar-refractivity contribution in [1.82, 2.24) is 10.9 Å². The Morgan fingerprint density at radius 3 is 2.23 bits per heavy atom. The number of amides is 2. The zero-order valence-corrected chi connectivity index (χ0v) is 17.6. The summed E-state index contributed by atoms with van der Waals surface area (Å²) in [5, 5.41) is 0. The summed E-state index contributed by atoms with van der Waals surface area (Å²) in [6.45, 7) is 3.57. The van der Waals surface area contributed by atoms with Crippen LogP contribution in [0.2, 0.25) is 0 Å². The van der Waals surface area contributed by atoms with Gasteiger partial charge in [-0.2, -0.15) is 0 Å². The summed E-state index contributed by atoms with van der Waals surface area (Å²) >= 11 is 0. The van der Waals surface area contributed by atoms with Gasteiger partial charge in [-0.1, -0.05) is 61.5 Å². The molecule has 160 valence electrons. The molecule has 0 saturated heterocycles. The fraction of sp³-hybridized carbons (Fsp3) is 0.200. The molecule has 3 rings (SSSR count). The molecule has 2 N–H and O–H groups in total. The van der Waals surface area contributed by atoms with E-state index in [4.69, 9.17) is 9.47 Å². The van der Waals surface area contributed by atoms with E-state index in [2.05, 4.69) is 10.9 Å². The fourth-order valence-corrected chi connectivity index (χ4v) is 2.94. The topological polar surface area (TPSA) is 76.7 Å². The minimum absolute atomic E-state index is 0.206. The molecule has 0 fully saturated rings. The van der Waals surface area contributed by atoms with Crippen molar-refractivity contribution in [2.24, 2.45) is 0 Å². The van der Waals surface area contributed by atoms with Crippen molar-refractivity contribution in [1.29, 1.82) is 0 Å². The average Bonchev–Trinajstić information content (AvgIpc) is 2.80. The van der Waals surface area contributed by atoms with Gasteiger partial charge in [-0.3, -0.25) is 20.4 Å². The van der Waals surface area contributed by atoms with Crippen LogP contribution < -0.4 is 20.3 Å². The number of nitrogens with one attached hydrogen (secondary N) is 2. The largest absolute Gasteiger partial charge is 0.484 e. The maximum absolute atomic E-state index is 12.4. The summed E-state index contributed by atoms with van der Waals surface area (Å²) in [5.74, 6) is 0.279. The number of hydrogen-bond donors (Lipinski definition) is 2. The van der Waals surface area contributed by atoms with E-state index < -0.39 is 17.9 Å². The Kier molecular flexibility index (Phi) is 7.65. The third-order valence-corrected chi connectivity index (χ3v) is 4.59. The lowest BCUT2D eigenvalue weighted by Gasteiger charge is -2.18. The zero-order valence-electron chi connectivity index (χ0n) is 17.6. The monoisotopic (exact) mass is 418 g/mol. The predicted octanol–water partition coefficient (Wildman–Crippen LogP) is 4.05. The van der Waals surface area contributed by atoms with Crippen LogP contribution in [0, 0.1) is 6.92 Å². The number of hydrogen-bond acceptors (Lipinski definition) is 4. The molecule has 3 aromatic carbocycles. The third-order valence-electron chi connectivity index (χ3n) is 4.59. The Morgan fingerprint density at radius 2 is 1.55 bits per heavy atom. The third kappa shape index (κ3) is 6.60. The lowest BCUT2D eigenvalue weighted by Crippen LogP contribution is -2.49. The van der Waals surface area contributed by atoms with Gasteiger partial charge in [0.25, 0.3) is 11.8 Å². The summed E-state index contributed by atoms with van der Waals surface area (Å²) in [7, 11) is 0. The second-order valence-electron chi connectivity index (χ2n) is 7.05. The highest BCUT2D eigenvalue weighted by molar-refractivity contribution is 5.85. The van der Waals surface area contributed by atoms with Gasteiger partial charge in [0.05, 0.1) is 0 Å². The van der Waals surface area contributed by atoms with E-state index in [-0.39, 0.29) is 6.61 Å². The number of carbonyl (C=O) groups is 2. The number of rotatable bonds is 8. The normalized spacial score (nSPS) is 11.3. The van der Waals surface area contributed by atoms with Crippen molar-refractivity contribution in [2.45, 2.75) is 26.4 Å². The predicted molar refractivity (Wildman–Crippen MR) is 120 cm³/mol. The van der Waals surface area contributed by atoms with Crippen LogP contribution in [0.3, 0.4) is 0 Å². The number of aryl methyl sites for hydroxylation is 1. The van der Waals surface area contributed by atoms with Gasteiger partial charge in [0.1, 0.15) is 11.5 Å². The quantitative estimate of drug-likeness (QED) is 0.541.